The number of carbonyl (C=O) groups is 3. The lowest BCUT2D eigenvalue weighted by Gasteiger charge is -2.30. The number of nitrogens with one attached hydrogen (secondary N) is 2. The molecule has 2 aromatic carbocycles. The summed E-state index contributed by atoms with van der Waals surface area (Å²) in [6, 6.07) is 12.0. The second-order valence-electron chi connectivity index (χ2n) is 8.75. The fourth-order valence-corrected chi connectivity index (χ4v) is 5.54. The first-order valence-electron chi connectivity index (χ1n) is 10.7. The zero-order valence-electron chi connectivity index (χ0n) is 18.1. The van der Waals surface area contributed by atoms with Crippen LogP contribution in [0.5, 0.6) is 5.75 Å². The molecule has 2 saturated heterocycles. The minimum atomic E-state index is -1.41. The van der Waals surface area contributed by atoms with Gasteiger partial charge in [0.1, 0.15) is 11.3 Å². The second-order valence-corrected chi connectivity index (χ2v) is 8.75. The van der Waals surface area contributed by atoms with Gasteiger partial charge in [-0.2, -0.15) is 0 Å². The quantitative estimate of drug-likeness (QED) is 0.625. The van der Waals surface area contributed by atoms with Crippen LogP contribution < -0.4 is 15.4 Å². The summed E-state index contributed by atoms with van der Waals surface area (Å²) in [5, 5.41) is 16.6. The van der Waals surface area contributed by atoms with Crippen molar-refractivity contribution in [2.75, 3.05) is 12.4 Å². The van der Waals surface area contributed by atoms with E-state index in [0.717, 1.165) is 5.56 Å². The molecule has 3 aliphatic rings. The molecule has 3 heterocycles. The predicted octanol–water partition coefficient (Wildman–Crippen LogP) is 1.31. The monoisotopic (exact) mass is 435 g/mol. The van der Waals surface area contributed by atoms with Gasteiger partial charge in [-0.3, -0.25) is 24.6 Å². The molecule has 2 fully saturated rings. The van der Waals surface area contributed by atoms with Crippen LogP contribution in [0.25, 0.3) is 0 Å². The Kier molecular flexibility index (Phi) is 4.61. The van der Waals surface area contributed by atoms with Gasteiger partial charge in [-0.05, 0) is 25.5 Å². The topological polar surface area (TPSA) is 108 Å². The van der Waals surface area contributed by atoms with Crippen molar-refractivity contribution in [2.24, 2.45) is 11.8 Å². The summed E-state index contributed by atoms with van der Waals surface area (Å²) in [5.74, 6) is -2.42. The van der Waals surface area contributed by atoms with Crippen molar-refractivity contribution in [1.82, 2.24) is 10.2 Å². The zero-order valence-corrected chi connectivity index (χ0v) is 18.1. The summed E-state index contributed by atoms with van der Waals surface area (Å²) in [6.07, 6.45) is -0.938. The number of hydrogen-bond donors (Lipinski definition) is 3. The average molecular weight is 435 g/mol. The number of nitrogens with zero attached hydrogens (tertiary/aromatic N) is 1. The minimum absolute atomic E-state index is 0.0413. The van der Waals surface area contributed by atoms with Gasteiger partial charge in [-0.15, -0.1) is 0 Å². The Morgan fingerprint density at radius 2 is 1.88 bits per heavy atom. The van der Waals surface area contributed by atoms with Crippen LogP contribution in [0.3, 0.4) is 0 Å². The van der Waals surface area contributed by atoms with Crippen LogP contribution in [0.1, 0.15) is 23.6 Å². The molecular weight excluding hydrogens is 410 g/mol. The van der Waals surface area contributed by atoms with Crippen molar-refractivity contribution in [3.05, 3.63) is 59.2 Å². The van der Waals surface area contributed by atoms with Crippen molar-refractivity contribution in [3.8, 4) is 5.75 Å². The van der Waals surface area contributed by atoms with Crippen LogP contribution in [0.2, 0.25) is 0 Å². The van der Waals surface area contributed by atoms with E-state index in [4.69, 9.17) is 4.74 Å². The molecule has 32 heavy (non-hydrogen) atoms. The lowest BCUT2D eigenvalue weighted by atomic mass is 9.76. The van der Waals surface area contributed by atoms with E-state index < -0.39 is 41.3 Å². The van der Waals surface area contributed by atoms with Crippen LogP contribution in [0, 0.1) is 18.8 Å². The summed E-state index contributed by atoms with van der Waals surface area (Å²) < 4.78 is 5.38. The number of hydrogen-bond acceptors (Lipinski definition) is 6. The molecule has 0 aliphatic carbocycles. The van der Waals surface area contributed by atoms with E-state index in [0.29, 0.717) is 22.6 Å². The van der Waals surface area contributed by atoms with Crippen LogP contribution in [-0.2, 0) is 26.5 Å². The molecule has 0 aromatic heterocycles. The highest BCUT2D eigenvalue weighted by atomic mass is 16.5. The number of imide groups is 1. The van der Waals surface area contributed by atoms with Gasteiger partial charge < -0.3 is 15.2 Å². The van der Waals surface area contributed by atoms with Crippen LogP contribution >= 0.6 is 0 Å². The van der Waals surface area contributed by atoms with Crippen molar-refractivity contribution >= 4 is 23.4 Å². The van der Waals surface area contributed by atoms with Gasteiger partial charge in [0.05, 0.1) is 31.6 Å². The van der Waals surface area contributed by atoms with Crippen LogP contribution in [0.15, 0.2) is 42.5 Å². The van der Waals surface area contributed by atoms with E-state index >= 15 is 0 Å². The molecule has 5 unspecified atom stereocenters. The third-order valence-electron chi connectivity index (χ3n) is 7.03. The maximum atomic E-state index is 13.7. The highest BCUT2D eigenvalue weighted by Gasteiger charge is 2.71. The van der Waals surface area contributed by atoms with Gasteiger partial charge in [0.15, 0.2) is 0 Å². The number of anilines is 1. The molecule has 0 saturated carbocycles. The fourth-order valence-electron chi connectivity index (χ4n) is 5.54. The molecule has 0 bridgehead atoms. The molecule has 3 amide bonds. The normalized spacial score (nSPS) is 29.3. The molecule has 3 aliphatic heterocycles. The van der Waals surface area contributed by atoms with E-state index in [1.54, 1.807) is 25.1 Å². The standard InChI is InChI=1S/C24H25N3O5/c1-12-7-6-9-15-19(12)25-23(31)24(15)18-17(20(26-24)13(2)28)21(29)27(22(18)30)11-14-8-4-5-10-16(14)32-3/h4-10,13,17-18,20,26,28H,11H2,1-3H3,(H,25,31). The second kappa shape index (κ2) is 7.15. The molecule has 8 heteroatoms. The van der Waals surface area contributed by atoms with Crippen molar-refractivity contribution in [2.45, 2.75) is 38.1 Å². The Hall–Kier alpha value is -3.23. The molecule has 1 spiro atoms. The molecule has 3 N–H and O–H groups in total. The fraction of sp³-hybridized carbons (Fsp3) is 0.375. The van der Waals surface area contributed by atoms with E-state index in [2.05, 4.69) is 10.6 Å². The van der Waals surface area contributed by atoms with E-state index in [1.807, 2.05) is 31.2 Å². The molecule has 5 rings (SSSR count). The lowest BCUT2D eigenvalue weighted by Crippen LogP contribution is -2.54. The maximum Gasteiger partial charge on any atom is 0.250 e. The van der Waals surface area contributed by atoms with Crippen LogP contribution in [0.4, 0.5) is 5.69 Å². The Morgan fingerprint density at radius 3 is 2.59 bits per heavy atom. The molecule has 5 atom stereocenters. The van der Waals surface area contributed by atoms with Gasteiger partial charge in [0, 0.05) is 22.9 Å². The Morgan fingerprint density at radius 1 is 1.12 bits per heavy atom. The smallest absolute Gasteiger partial charge is 0.250 e. The number of ether oxygens (including phenoxy) is 1. The van der Waals surface area contributed by atoms with Gasteiger partial charge in [0.25, 0.3) is 0 Å². The number of aryl methyl sites for hydroxylation is 1. The predicted molar refractivity (Wildman–Crippen MR) is 116 cm³/mol. The number of amides is 3. The molecule has 2 aromatic rings. The van der Waals surface area contributed by atoms with E-state index in [9.17, 15) is 19.5 Å². The van der Waals surface area contributed by atoms with Crippen molar-refractivity contribution in [1.29, 1.82) is 0 Å². The Labute approximate surface area is 185 Å². The highest BCUT2D eigenvalue weighted by Crippen LogP contribution is 2.54. The highest BCUT2D eigenvalue weighted by molar-refractivity contribution is 6.15. The van der Waals surface area contributed by atoms with E-state index in [1.165, 1.54) is 12.0 Å². The Balaban J connectivity index is 1.62. The number of methoxy groups -OCH3 is 1. The van der Waals surface area contributed by atoms with E-state index in [-0.39, 0.29) is 12.5 Å². The molecular formula is C24H25N3O5. The summed E-state index contributed by atoms with van der Waals surface area (Å²) in [7, 11) is 1.53. The third-order valence-corrected chi connectivity index (χ3v) is 7.03. The summed E-state index contributed by atoms with van der Waals surface area (Å²) >= 11 is 0. The SMILES string of the molecule is COc1ccccc1CN1C(=O)C2C(C(C)O)NC3(C(=O)Nc4c(C)cccc43)C2C1=O. The average Bonchev–Trinajstić information content (AvgIpc) is 3.36. The first-order chi connectivity index (χ1) is 15.3. The third kappa shape index (κ3) is 2.59. The zero-order chi connectivity index (χ0) is 22.8. The van der Waals surface area contributed by atoms with Crippen LogP contribution in [-0.4, -0.2) is 47.0 Å². The number of rotatable bonds is 4. The first kappa shape index (κ1) is 20.7. The first-order valence-corrected chi connectivity index (χ1v) is 10.7. The summed E-state index contributed by atoms with van der Waals surface area (Å²) in [5.41, 5.74) is 1.45. The number of benzene rings is 2. The summed E-state index contributed by atoms with van der Waals surface area (Å²) in [6.45, 7) is 3.49. The van der Waals surface area contributed by atoms with Crippen molar-refractivity contribution in [3.63, 3.8) is 0 Å². The maximum absolute atomic E-state index is 13.7. The Bertz CT molecular complexity index is 1150. The number of likely N-dealkylation sites (tertiary alicyclic amines) is 1. The number of carbonyl (C=O) groups excluding carboxylic acids is 3. The molecule has 8 nitrogen and oxygen atoms in total. The van der Waals surface area contributed by atoms with Gasteiger partial charge in [-0.1, -0.05) is 36.4 Å². The van der Waals surface area contributed by atoms with Gasteiger partial charge >= 0.3 is 0 Å². The van der Waals surface area contributed by atoms with Gasteiger partial charge in [-0.25, -0.2) is 0 Å². The lowest BCUT2D eigenvalue weighted by molar-refractivity contribution is -0.143. The number of para-hydroxylation sites is 2. The number of aliphatic hydroxyl groups excluding tert-OH is 1. The largest absolute Gasteiger partial charge is 0.496 e. The molecule has 166 valence electrons. The molecule has 0 radical (unpaired) electrons. The number of fused-ring (bicyclic) bond motifs is 4. The number of aliphatic hydroxyl groups is 1. The minimum Gasteiger partial charge on any atom is -0.496 e. The van der Waals surface area contributed by atoms with Gasteiger partial charge in [0.2, 0.25) is 17.7 Å². The summed E-state index contributed by atoms with van der Waals surface area (Å²) in [4.78, 5) is 41.8. The van der Waals surface area contributed by atoms with Crippen molar-refractivity contribution < 1.29 is 24.2 Å².